The first-order valence-electron chi connectivity index (χ1n) is 7.39. The summed E-state index contributed by atoms with van der Waals surface area (Å²) in [7, 11) is 0. The van der Waals surface area contributed by atoms with E-state index in [1.54, 1.807) is 5.38 Å². The first-order chi connectivity index (χ1) is 10.2. The van der Waals surface area contributed by atoms with Crippen LogP contribution in [0.2, 0.25) is 0 Å². The first kappa shape index (κ1) is 18.4. The van der Waals surface area contributed by atoms with Crippen molar-refractivity contribution in [3.63, 3.8) is 0 Å². The minimum Gasteiger partial charge on any atom is -0.444 e. The minimum absolute atomic E-state index is 0.180. The number of aromatic nitrogens is 1. The van der Waals surface area contributed by atoms with E-state index in [-0.39, 0.29) is 5.91 Å². The fourth-order valence-electron chi connectivity index (χ4n) is 1.54. The third-order valence-corrected chi connectivity index (χ3v) is 3.70. The zero-order valence-corrected chi connectivity index (χ0v) is 14.7. The number of nitrogens with one attached hydrogen (secondary N) is 2. The molecule has 0 bridgehead atoms. The van der Waals surface area contributed by atoms with E-state index in [4.69, 9.17) is 4.74 Å². The number of hydrogen-bond donors (Lipinski definition) is 2. The molecule has 0 aliphatic carbocycles. The number of carbonyl (C=O) groups is 2. The van der Waals surface area contributed by atoms with Crippen molar-refractivity contribution in [2.75, 3.05) is 13.1 Å². The van der Waals surface area contributed by atoms with E-state index in [9.17, 15) is 9.59 Å². The highest BCUT2D eigenvalue weighted by atomic mass is 32.1. The SMILES string of the molecule is CC(C)c1nc(C(=O)NCCCNC(=O)OC(C)(C)C)cs1. The monoisotopic (exact) mass is 327 g/mol. The van der Waals surface area contributed by atoms with E-state index in [1.165, 1.54) is 11.3 Å². The average molecular weight is 327 g/mol. The Kier molecular flexibility index (Phi) is 6.80. The van der Waals surface area contributed by atoms with Crippen molar-refractivity contribution in [1.82, 2.24) is 15.6 Å². The third kappa shape index (κ3) is 6.89. The lowest BCUT2D eigenvalue weighted by Crippen LogP contribution is -2.34. The van der Waals surface area contributed by atoms with Crippen LogP contribution in [0.15, 0.2) is 5.38 Å². The van der Waals surface area contributed by atoms with E-state index >= 15 is 0 Å². The number of alkyl carbamates (subject to hydrolysis) is 1. The molecule has 0 aliphatic heterocycles. The van der Waals surface area contributed by atoms with Gasteiger partial charge in [0.25, 0.3) is 5.91 Å². The van der Waals surface area contributed by atoms with Gasteiger partial charge in [-0.25, -0.2) is 9.78 Å². The van der Waals surface area contributed by atoms with E-state index < -0.39 is 11.7 Å². The Morgan fingerprint density at radius 2 is 1.91 bits per heavy atom. The molecule has 7 heteroatoms. The number of nitrogens with zero attached hydrogens (tertiary/aromatic N) is 1. The molecule has 0 saturated heterocycles. The molecule has 0 fully saturated rings. The highest BCUT2D eigenvalue weighted by Gasteiger charge is 2.15. The van der Waals surface area contributed by atoms with Crippen LogP contribution in [0.4, 0.5) is 4.79 Å². The summed E-state index contributed by atoms with van der Waals surface area (Å²) in [6.45, 7) is 10.4. The van der Waals surface area contributed by atoms with Gasteiger partial charge in [0, 0.05) is 24.4 Å². The van der Waals surface area contributed by atoms with Gasteiger partial charge in [0.15, 0.2) is 0 Å². The summed E-state index contributed by atoms with van der Waals surface area (Å²) in [5, 5.41) is 8.15. The van der Waals surface area contributed by atoms with Crippen molar-refractivity contribution in [3.05, 3.63) is 16.1 Å². The molecule has 22 heavy (non-hydrogen) atoms. The van der Waals surface area contributed by atoms with Crippen LogP contribution < -0.4 is 10.6 Å². The largest absolute Gasteiger partial charge is 0.444 e. The summed E-state index contributed by atoms with van der Waals surface area (Å²) in [4.78, 5) is 27.6. The van der Waals surface area contributed by atoms with Crippen LogP contribution in [0.5, 0.6) is 0 Å². The van der Waals surface area contributed by atoms with Gasteiger partial charge in [0.2, 0.25) is 0 Å². The Morgan fingerprint density at radius 3 is 2.45 bits per heavy atom. The lowest BCUT2D eigenvalue weighted by molar-refractivity contribution is 0.0527. The number of rotatable bonds is 6. The molecule has 2 N–H and O–H groups in total. The van der Waals surface area contributed by atoms with E-state index in [0.29, 0.717) is 31.1 Å². The van der Waals surface area contributed by atoms with Crippen molar-refractivity contribution >= 4 is 23.3 Å². The molecular weight excluding hydrogens is 302 g/mol. The van der Waals surface area contributed by atoms with Gasteiger partial charge in [-0.05, 0) is 27.2 Å². The van der Waals surface area contributed by atoms with Crippen molar-refractivity contribution in [2.24, 2.45) is 0 Å². The topological polar surface area (TPSA) is 80.3 Å². The Balaban J connectivity index is 2.21. The number of carbonyl (C=O) groups excluding carboxylic acids is 2. The minimum atomic E-state index is -0.503. The number of hydrogen-bond acceptors (Lipinski definition) is 5. The van der Waals surface area contributed by atoms with Gasteiger partial charge in [-0.2, -0.15) is 0 Å². The predicted molar refractivity (Wildman–Crippen MR) is 87.4 cm³/mol. The summed E-state index contributed by atoms with van der Waals surface area (Å²) in [6, 6.07) is 0. The summed E-state index contributed by atoms with van der Waals surface area (Å²) in [5.41, 5.74) is -0.0503. The molecule has 0 aliphatic rings. The summed E-state index contributed by atoms with van der Waals surface area (Å²) in [5.74, 6) is 0.144. The Morgan fingerprint density at radius 1 is 1.27 bits per heavy atom. The van der Waals surface area contributed by atoms with Crippen LogP contribution >= 0.6 is 11.3 Å². The van der Waals surface area contributed by atoms with E-state index in [2.05, 4.69) is 15.6 Å². The highest BCUT2D eigenvalue weighted by molar-refractivity contribution is 7.09. The molecule has 2 amide bonds. The predicted octanol–water partition coefficient (Wildman–Crippen LogP) is 2.91. The molecule has 1 aromatic rings. The fourth-order valence-corrected chi connectivity index (χ4v) is 2.36. The molecule has 0 atom stereocenters. The summed E-state index contributed by atoms with van der Waals surface area (Å²) in [6.07, 6.45) is 0.187. The molecule has 6 nitrogen and oxygen atoms in total. The lowest BCUT2D eigenvalue weighted by Gasteiger charge is -2.19. The molecule has 1 heterocycles. The normalized spacial score (nSPS) is 11.4. The maximum atomic E-state index is 11.9. The molecule has 1 aromatic heterocycles. The molecule has 0 unspecified atom stereocenters. The van der Waals surface area contributed by atoms with E-state index in [1.807, 2.05) is 34.6 Å². The van der Waals surface area contributed by atoms with Gasteiger partial charge in [-0.15, -0.1) is 11.3 Å². The Hall–Kier alpha value is -1.63. The summed E-state index contributed by atoms with van der Waals surface area (Å²) >= 11 is 1.49. The number of ether oxygens (including phenoxy) is 1. The second-order valence-electron chi connectivity index (χ2n) is 6.26. The van der Waals surface area contributed by atoms with Crippen LogP contribution in [0.3, 0.4) is 0 Å². The second-order valence-corrected chi connectivity index (χ2v) is 7.15. The Bertz CT molecular complexity index is 506. The standard InChI is InChI=1S/C15H25N3O3S/c1-10(2)13-18-11(9-22-13)12(19)16-7-6-8-17-14(20)21-15(3,4)5/h9-10H,6-8H2,1-5H3,(H,16,19)(H,17,20). The van der Waals surface area contributed by atoms with Crippen LogP contribution in [-0.4, -0.2) is 35.7 Å². The zero-order chi connectivity index (χ0) is 16.8. The van der Waals surface area contributed by atoms with Gasteiger partial charge in [-0.3, -0.25) is 4.79 Å². The van der Waals surface area contributed by atoms with Crippen LogP contribution in [-0.2, 0) is 4.74 Å². The molecule has 0 radical (unpaired) electrons. The first-order valence-corrected chi connectivity index (χ1v) is 8.27. The molecule has 124 valence electrons. The van der Waals surface area contributed by atoms with Crippen molar-refractivity contribution in [3.8, 4) is 0 Å². The number of amides is 2. The Labute approximate surface area is 135 Å². The maximum Gasteiger partial charge on any atom is 0.407 e. The van der Waals surface area contributed by atoms with Gasteiger partial charge in [-0.1, -0.05) is 13.8 Å². The van der Waals surface area contributed by atoms with Crippen molar-refractivity contribution in [2.45, 2.75) is 52.6 Å². The number of thiazole rings is 1. The van der Waals surface area contributed by atoms with Crippen molar-refractivity contribution in [1.29, 1.82) is 0 Å². The van der Waals surface area contributed by atoms with Crippen LogP contribution in [0.25, 0.3) is 0 Å². The highest BCUT2D eigenvalue weighted by Crippen LogP contribution is 2.18. The van der Waals surface area contributed by atoms with Gasteiger partial charge >= 0.3 is 6.09 Å². The maximum absolute atomic E-state index is 11.9. The third-order valence-electron chi connectivity index (χ3n) is 2.56. The molecular formula is C15H25N3O3S. The molecule has 1 rings (SSSR count). The zero-order valence-electron chi connectivity index (χ0n) is 13.9. The van der Waals surface area contributed by atoms with Crippen LogP contribution in [0, 0.1) is 0 Å². The summed E-state index contributed by atoms with van der Waals surface area (Å²) < 4.78 is 5.11. The van der Waals surface area contributed by atoms with E-state index in [0.717, 1.165) is 5.01 Å². The molecule has 0 saturated carbocycles. The van der Waals surface area contributed by atoms with Gasteiger partial charge in [0.1, 0.15) is 11.3 Å². The molecule has 0 aromatic carbocycles. The lowest BCUT2D eigenvalue weighted by atomic mass is 10.2. The fraction of sp³-hybridized carbons (Fsp3) is 0.667. The van der Waals surface area contributed by atoms with Crippen molar-refractivity contribution < 1.29 is 14.3 Å². The van der Waals surface area contributed by atoms with Gasteiger partial charge < -0.3 is 15.4 Å². The van der Waals surface area contributed by atoms with Gasteiger partial charge in [0.05, 0.1) is 5.01 Å². The van der Waals surface area contributed by atoms with Crippen LogP contribution in [0.1, 0.15) is 62.5 Å². The molecule has 0 spiro atoms. The average Bonchev–Trinajstić information content (AvgIpc) is 2.85. The smallest absolute Gasteiger partial charge is 0.407 e. The quantitative estimate of drug-likeness (QED) is 0.787. The second kappa shape index (κ2) is 8.12.